The van der Waals surface area contributed by atoms with Gasteiger partial charge in [-0.25, -0.2) is 4.39 Å². The van der Waals surface area contributed by atoms with Crippen molar-refractivity contribution in [3.05, 3.63) is 70.5 Å². The standard InChI is InChI=1S/C18H20ClFN2/c19-17-7-4-8-18(20)16(17)11-21-15-9-10-22(13-15)12-14-5-2-1-3-6-14/h1-8,15,21H,9-13H2. The van der Waals surface area contributed by atoms with E-state index in [4.69, 9.17) is 11.6 Å². The van der Waals surface area contributed by atoms with E-state index >= 15 is 0 Å². The van der Waals surface area contributed by atoms with Gasteiger partial charge in [-0.15, -0.1) is 0 Å². The summed E-state index contributed by atoms with van der Waals surface area (Å²) in [7, 11) is 0. The first kappa shape index (κ1) is 15.5. The smallest absolute Gasteiger partial charge is 0.129 e. The quantitative estimate of drug-likeness (QED) is 0.901. The zero-order valence-corrected chi connectivity index (χ0v) is 13.2. The van der Waals surface area contributed by atoms with Crippen LogP contribution < -0.4 is 5.32 Å². The van der Waals surface area contributed by atoms with Gasteiger partial charge < -0.3 is 5.32 Å². The first-order chi connectivity index (χ1) is 10.7. The largest absolute Gasteiger partial charge is 0.308 e. The first-order valence-electron chi connectivity index (χ1n) is 7.65. The highest BCUT2D eigenvalue weighted by atomic mass is 35.5. The third-order valence-electron chi connectivity index (χ3n) is 4.15. The molecule has 1 unspecified atom stereocenters. The molecule has 22 heavy (non-hydrogen) atoms. The summed E-state index contributed by atoms with van der Waals surface area (Å²) in [6.07, 6.45) is 1.08. The molecule has 4 heteroatoms. The van der Waals surface area contributed by atoms with Crippen molar-refractivity contribution in [1.29, 1.82) is 0 Å². The van der Waals surface area contributed by atoms with E-state index in [-0.39, 0.29) is 5.82 Å². The van der Waals surface area contributed by atoms with Gasteiger partial charge in [0.1, 0.15) is 5.82 Å². The fourth-order valence-electron chi connectivity index (χ4n) is 2.93. The lowest BCUT2D eigenvalue weighted by Gasteiger charge is -2.17. The molecule has 0 saturated carbocycles. The second-order valence-corrected chi connectivity index (χ2v) is 6.19. The van der Waals surface area contributed by atoms with E-state index in [0.717, 1.165) is 26.1 Å². The van der Waals surface area contributed by atoms with Crippen molar-refractivity contribution in [1.82, 2.24) is 10.2 Å². The Morgan fingerprint density at radius 2 is 1.95 bits per heavy atom. The second kappa shape index (κ2) is 7.23. The predicted octanol–water partition coefficient (Wildman–Crippen LogP) is 3.84. The van der Waals surface area contributed by atoms with Crippen molar-refractivity contribution in [3.63, 3.8) is 0 Å². The molecule has 1 N–H and O–H groups in total. The maximum absolute atomic E-state index is 13.8. The molecule has 2 nitrogen and oxygen atoms in total. The first-order valence-corrected chi connectivity index (χ1v) is 8.03. The topological polar surface area (TPSA) is 15.3 Å². The van der Waals surface area contributed by atoms with Gasteiger partial charge >= 0.3 is 0 Å². The van der Waals surface area contributed by atoms with Crippen molar-refractivity contribution >= 4 is 11.6 Å². The van der Waals surface area contributed by atoms with Crippen LogP contribution in [0.5, 0.6) is 0 Å². The summed E-state index contributed by atoms with van der Waals surface area (Å²) in [5.74, 6) is -0.237. The number of nitrogens with zero attached hydrogens (tertiary/aromatic N) is 1. The van der Waals surface area contributed by atoms with Crippen LogP contribution in [0.15, 0.2) is 48.5 Å². The Hall–Kier alpha value is -1.42. The van der Waals surface area contributed by atoms with E-state index < -0.39 is 0 Å². The SMILES string of the molecule is Fc1cccc(Cl)c1CNC1CCN(Cc2ccccc2)C1. The highest BCUT2D eigenvalue weighted by molar-refractivity contribution is 6.31. The zero-order valence-electron chi connectivity index (χ0n) is 12.4. The van der Waals surface area contributed by atoms with E-state index in [1.807, 2.05) is 6.07 Å². The van der Waals surface area contributed by atoms with Crippen molar-refractivity contribution in [2.24, 2.45) is 0 Å². The van der Waals surface area contributed by atoms with E-state index in [1.54, 1.807) is 12.1 Å². The van der Waals surface area contributed by atoms with Crippen molar-refractivity contribution < 1.29 is 4.39 Å². The van der Waals surface area contributed by atoms with Crippen LogP contribution in [0, 0.1) is 5.82 Å². The van der Waals surface area contributed by atoms with Gasteiger partial charge in [-0.3, -0.25) is 4.90 Å². The van der Waals surface area contributed by atoms with Crippen LogP contribution in [0.4, 0.5) is 4.39 Å². The summed E-state index contributed by atoms with van der Waals surface area (Å²) < 4.78 is 13.8. The lowest BCUT2D eigenvalue weighted by molar-refractivity contribution is 0.319. The molecule has 2 aromatic carbocycles. The fourth-order valence-corrected chi connectivity index (χ4v) is 3.16. The molecular formula is C18H20ClFN2. The Labute approximate surface area is 135 Å². The molecule has 1 atom stereocenters. The van der Waals surface area contributed by atoms with E-state index in [0.29, 0.717) is 23.2 Å². The van der Waals surface area contributed by atoms with Gasteiger partial charge in [-0.1, -0.05) is 48.0 Å². The molecule has 0 spiro atoms. The van der Waals surface area contributed by atoms with Crippen molar-refractivity contribution in [3.8, 4) is 0 Å². The van der Waals surface area contributed by atoms with Gasteiger partial charge in [0.15, 0.2) is 0 Å². The maximum Gasteiger partial charge on any atom is 0.129 e. The third kappa shape index (κ3) is 3.86. The molecule has 0 bridgehead atoms. The van der Waals surface area contributed by atoms with Gasteiger partial charge in [0.25, 0.3) is 0 Å². The van der Waals surface area contributed by atoms with E-state index in [2.05, 4.69) is 34.5 Å². The molecule has 0 aromatic heterocycles. The number of rotatable bonds is 5. The van der Waals surface area contributed by atoms with Crippen LogP contribution in [0.1, 0.15) is 17.5 Å². The Morgan fingerprint density at radius 3 is 2.73 bits per heavy atom. The molecule has 1 aliphatic heterocycles. The zero-order chi connectivity index (χ0) is 15.4. The number of likely N-dealkylation sites (tertiary alicyclic amines) is 1. The number of benzene rings is 2. The summed E-state index contributed by atoms with van der Waals surface area (Å²) in [6.45, 7) is 3.51. The minimum Gasteiger partial charge on any atom is -0.308 e. The highest BCUT2D eigenvalue weighted by Gasteiger charge is 2.22. The van der Waals surface area contributed by atoms with Gasteiger partial charge in [-0.2, -0.15) is 0 Å². The molecule has 2 aromatic rings. The van der Waals surface area contributed by atoms with Gasteiger partial charge in [0.05, 0.1) is 0 Å². The Bertz CT molecular complexity index is 597. The lowest BCUT2D eigenvalue weighted by atomic mass is 10.2. The molecule has 1 fully saturated rings. The van der Waals surface area contributed by atoms with E-state index in [9.17, 15) is 4.39 Å². The van der Waals surface area contributed by atoms with Crippen LogP contribution in [0.25, 0.3) is 0 Å². The van der Waals surface area contributed by atoms with Gasteiger partial charge in [-0.05, 0) is 24.1 Å². The molecule has 0 amide bonds. The highest BCUT2D eigenvalue weighted by Crippen LogP contribution is 2.20. The molecule has 1 heterocycles. The van der Waals surface area contributed by atoms with Crippen molar-refractivity contribution in [2.45, 2.75) is 25.6 Å². The number of halogens is 2. The summed E-state index contributed by atoms with van der Waals surface area (Å²) in [5, 5.41) is 3.92. The van der Waals surface area contributed by atoms with Crippen LogP contribution in [0.2, 0.25) is 5.02 Å². The van der Waals surface area contributed by atoms with Gasteiger partial charge in [0, 0.05) is 42.8 Å². The fraction of sp³-hybridized carbons (Fsp3) is 0.333. The summed E-state index contributed by atoms with van der Waals surface area (Å²) >= 11 is 6.06. The molecular weight excluding hydrogens is 299 g/mol. The number of hydrogen-bond acceptors (Lipinski definition) is 2. The lowest BCUT2D eigenvalue weighted by Crippen LogP contribution is -2.32. The molecule has 116 valence electrons. The van der Waals surface area contributed by atoms with Gasteiger partial charge in [0.2, 0.25) is 0 Å². The summed E-state index contributed by atoms with van der Waals surface area (Å²) in [5.41, 5.74) is 1.89. The Kier molecular flexibility index (Phi) is 5.08. The van der Waals surface area contributed by atoms with Crippen LogP contribution in [-0.2, 0) is 13.1 Å². The normalized spacial score (nSPS) is 18.7. The minimum absolute atomic E-state index is 0.237. The van der Waals surface area contributed by atoms with Crippen molar-refractivity contribution in [2.75, 3.05) is 13.1 Å². The van der Waals surface area contributed by atoms with E-state index in [1.165, 1.54) is 11.6 Å². The number of hydrogen-bond donors (Lipinski definition) is 1. The van der Waals surface area contributed by atoms with Crippen LogP contribution in [-0.4, -0.2) is 24.0 Å². The second-order valence-electron chi connectivity index (χ2n) is 5.79. The number of nitrogens with one attached hydrogen (secondary N) is 1. The average Bonchev–Trinajstić information content (AvgIpc) is 2.95. The molecule has 0 aliphatic carbocycles. The Balaban J connectivity index is 1.51. The molecule has 0 radical (unpaired) electrons. The third-order valence-corrected chi connectivity index (χ3v) is 4.50. The Morgan fingerprint density at radius 1 is 1.14 bits per heavy atom. The summed E-state index contributed by atoms with van der Waals surface area (Å²) in [6, 6.07) is 15.7. The van der Waals surface area contributed by atoms with Crippen LogP contribution >= 0.6 is 11.6 Å². The summed E-state index contributed by atoms with van der Waals surface area (Å²) in [4.78, 5) is 2.43. The predicted molar refractivity (Wildman–Crippen MR) is 88.4 cm³/mol. The maximum atomic E-state index is 13.8. The average molecular weight is 319 g/mol. The monoisotopic (exact) mass is 318 g/mol. The molecule has 1 aliphatic rings. The molecule has 1 saturated heterocycles. The van der Waals surface area contributed by atoms with Crippen LogP contribution in [0.3, 0.4) is 0 Å². The molecule has 3 rings (SSSR count). The minimum atomic E-state index is -0.237.